The average molecular weight is 296 g/mol. The Morgan fingerprint density at radius 2 is 1.77 bits per heavy atom. The summed E-state index contributed by atoms with van der Waals surface area (Å²) >= 11 is 0. The third kappa shape index (κ3) is 9.39. The van der Waals surface area contributed by atoms with Gasteiger partial charge in [0.05, 0.1) is 0 Å². The first kappa shape index (κ1) is 18.5. The minimum atomic E-state index is 0.794. The van der Waals surface area contributed by atoms with Gasteiger partial charge in [0.2, 0.25) is 0 Å². The van der Waals surface area contributed by atoms with E-state index in [2.05, 4.69) is 82.3 Å². The van der Waals surface area contributed by atoms with Crippen molar-refractivity contribution in [3.8, 4) is 0 Å². The molecular weight excluding hydrogens is 264 g/mol. The molecule has 1 aromatic carbocycles. The molecule has 0 aliphatic rings. The molecule has 0 bridgehead atoms. The number of rotatable bonds is 9. The molecule has 0 heteroatoms. The van der Waals surface area contributed by atoms with Crippen LogP contribution in [0.5, 0.6) is 0 Å². The third-order valence-corrected chi connectivity index (χ3v) is 3.84. The molecule has 0 nitrogen and oxygen atoms in total. The van der Waals surface area contributed by atoms with E-state index in [0.29, 0.717) is 0 Å². The molecule has 0 aliphatic carbocycles. The molecule has 0 aromatic heterocycles. The summed E-state index contributed by atoms with van der Waals surface area (Å²) in [7, 11) is 0. The highest BCUT2D eigenvalue weighted by Gasteiger charge is 2.00. The number of allylic oxidation sites excluding steroid dienone is 5. The molecule has 1 atom stereocenters. The average Bonchev–Trinajstić information content (AvgIpc) is 2.48. The van der Waals surface area contributed by atoms with E-state index in [1.807, 2.05) is 6.07 Å². The monoisotopic (exact) mass is 296 g/mol. The van der Waals surface area contributed by atoms with Crippen molar-refractivity contribution in [1.82, 2.24) is 0 Å². The van der Waals surface area contributed by atoms with Gasteiger partial charge in [-0.25, -0.2) is 0 Å². The molecule has 1 rings (SSSR count). The molecule has 0 radical (unpaired) electrons. The normalized spacial score (nSPS) is 14.3. The summed E-state index contributed by atoms with van der Waals surface area (Å²) in [5.74, 6) is 1.63. The van der Waals surface area contributed by atoms with E-state index in [-0.39, 0.29) is 0 Å². The van der Waals surface area contributed by atoms with Crippen molar-refractivity contribution in [3.05, 3.63) is 65.8 Å². The summed E-state index contributed by atoms with van der Waals surface area (Å²) in [6, 6.07) is 10.4. The molecule has 0 saturated heterocycles. The van der Waals surface area contributed by atoms with Gasteiger partial charge >= 0.3 is 0 Å². The molecule has 1 unspecified atom stereocenters. The molecule has 0 fully saturated rings. The second-order valence-corrected chi connectivity index (χ2v) is 6.75. The van der Waals surface area contributed by atoms with Gasteiger partial charge in [0, 0.05) is 0 Å². The minimum Gasteiger partial charge on any atom is -0.0840 e. The first-order valence-corrected chi connectivity index (χ1v) is 8.64. The SMILES string of the molecule is CC(C=CCC(C)CCCC(C)C)=CC=Cc1ccccc1. The van der Waals surface area contributed by atoms with Crippen LogP contribution >= 0.6 is 0 Å². The van der Waals surface area contributed by atoms with Crippen LogP contribution in [0.1, 0.15) is 58.9 Å². The molecular formula is C22H32. The molecule has 22 heavy (non-hydrogen) atoms. The fourth-order valence-electron chi connectivity index (χ4n) is 2.41. The van der Waals surface area contributed by atoms with Gasteiger partial charge in [-0.2, -0.15) is 0 Å². The van der Waals surface area contributed by atoms with E-state index in [4.69, 9.17) is 0 Å². The Morgan fingerprint density at radius 3 is 2.45 bits per heavy atom. The quantitative estimate of drug-likeness (QED) is 0.428. The van der Waals surface area contributed by atoms with Crippen molar-refractivity contribution in [2.24, 2.45) is 11.8 Å². The Morgan fingerprint density at radius 1 is 1.05 bits per heavy atom. The zero-order valence-electron chi connectivity index (χ0n) is 14.8. The Balaban J connectivity index is 2.29. The van der Waals surface area contributed by atoms with Crippen molar-refractivity contribution in [1.29, 1.82) is 0 Å². The van der Waals surface area contributed by atoms with Crippen LogP contribution in [0.25, 0.3) is 6.08 Å². The van der Waals surface area contributed by atoms with E-state index < -0.39 is 0 Å². The topological polar surface area (TPSA) is 0 Å². The Labute approximate surface area is 137 Å². The Hall–Kier alpha value is -1.56. The summed E-state index contributed by atoms with van der Waals surface area (Å²) in [5, 5.41) is 0. The number of benzene rings is 1. The third-order valence-electron chi connectivity index (χ3n) is 3.84. The minimum absolute atomic E-state index is 0.794. The van der Waals surface area contributed by atoms with Gasteiger partial charge in [-0.05, 0) is 30.7 Å². The lowest BCUT2D eigenvalue weighted by atomic mass is 9.97. The van der Waals surface area contributed by atoms with E-state index in [0.717, 1.165) is 11.8 Å². The van der Waals surface area contributed by atoms with Gasteiger partial charge in [-0.3, -0.25) is 0 Å². The molecule has 120 valence electrons. The van der Waals surface area contributed by atoms with Crippen molar-refractivity contribution in [2.75, 3.05) is 0 Å². The standard InChI is InChI=1S/C22H32/c1-19(2)11-8-12-20(3)13-9-14-21(4)15-10-18-22-16-6-5-7-17-22/h5-7,9-10,14-20H,8,11-13H2,1-4H3. The maximum Gasteiger partial charge on any atom is -0.0257 e. The zero-order chi connectivity index (χ0) is 16.2. The fourth-order valence-corrected chi connectivity index (χ4v) is 2.41. The van der Waals surface area contributed by atoms with Gasteiger partial charge in [-0.15, -0.1) is 0 Å². The lowest BCUT2D eigenvalue weighted by Gasteiger charge is -2.09. The van der Waals surface area contributed by atoms with Crippen LogP contribution in [0, 0.1) is 11.8 Å². The predicted molar refractivity (Wildman–Crippen MR) is 101 cm³/mol. The van der Waals surface area contributed by atoms with Crippen LogP contribution in [0.15, 0.2) is 60.2 Å². The summed E-state index contributed by atoms with van der Waals surface area (Å²) in [5.41, 5.74) is 2.55. The summed E-state index contributed by atoms with van der Waals surface area (Å²) in [6.07, 6.45) is 16.3. The van der Waals surface area contributed by atoms with Crippen molar-refractivity contribution < 1.29 is 0 Å². The molecule has 0 saturated carbocycles. The highest BCUT2D eigenvalue weighted by atomic mass is 14.1. The van der Waals surface area contributed by atoms with Gasteiger partial charge in [-0.1, -0.05) is 106 Å². The number of hydrogen-bond donors (Lipinski definition) is 0. The van der Waals surface area contributed by atoms with Crippen molar-refractivity contribution in [3.63, 3.8) is 0 Å². The maximum atomic E-state index is 2.36. The number of hydrogen-bond acceptors (Lipinski definition) is 0. The van der Waals surface area contributed by atoms with E-state index in [1.54, 1.807) is 0 Å². The molecule has 0 amide bonds. The second kappa shape index (κ2) is 11.1. The van der Waals surface area contributed by atoms with E-state index >= 15 is 0 Å². The van der Waals surface area contributed by atoms with Gasteiger partial charge in [0.25, 0.3) is 0 Å². The van der Waals surface area contributed by atoms with Crippen molar-refractivity contribution in [2.45, 2.75) is 53.4 Å². The Kier molecular flexibility index (Phi) is 9.30. The van der Waals surface area contributed by atoms with Gasteiger partial charge in [0.15, 0.2) is 0 Å². The van der Waals surface area contributed by atoms with Crippen LogP contribution in [0.4, 0.5) is 0 Å². The first-order valence-electron chi connectivity index (χ1n) is 8.64. The van der Waals surface area contributed by atoms with Crippen molar-refractivity contribution >= 4 is 6.08 Å². The van der Waals surface area contributed by atoms with Crippen LogP contribution in [0.3, 0.4) is 0 Å². The largest absolute Gasteiger partial charge is 0.0840 e. The van der Waals surface area contributed by atoms with Crippen LogP contribution in [-0.4, -0.2) is 0 Å². The Bertz CT molecular complexity index is 474. The summed E-state index contributed by atoms with van der Waals surface area (Å²) in [4.78, 5) is 0. The summed E-state index contributed by atoms with van der Waals surface area (Å²) in [6.45, 7) is 9.14. The molecule has 1 aromatic rings. The van der Waals surface area contributed by atoms with Crippen LogP contribution in [-0.2, 0) is 0 Å². The van der Waals surface area contributed by atoms with E-state index in [9.17, 15) is 0 Å². The molecule has 0 N–H and O–H groups in total. The maximum absolute atomic E-state index is 2.36. The molecule has 0 aliphatic heterocycles. The second-order valence-electron chi connectivity index (χ2n) is 6.75. The molecule has 0 heterocycles. The van der Waals surface area contributed by atoms with Gasteiger partial charge in [0.1, 0.15) is 0 Å². The van der Waals surface area contributed by atoms with E-state index in [1.165, 1.54) is 36.8 Å². The fraction of sp³-hybridized carbons (Fsp3) is 0.455. The summed E-state index contributed by atoms with van der Waals surface area (Å²) < 4.78 is 0. The zero-order valence-corrected chi connectivity index (χ0v) is 14.8. The highest BCUT2D eigenvalue weighted by molar-refractivity contribution is 5.51. The van der Waals surface area contributed by atoms with Gasteiger partial charge < -0.3 is 0 Å². The lowest BCUT2D eigenvalue weighted by Crippen LogP contribution is -1.95. The highest BCUT2D eigenvalue weighted by Crippen LogP contribution is 2.16. The predicted octanol–water partition coefficient (Wildman–Crippen LogP) is 7.05. The van der Waals surface area contributed by atoms with Crippen LogP contribution in [0.2, 0.25) is 0 Å². The smallest absolute Gasteiger partial charge is 0.0257 e. The molecule has 0 spiro atoms. The first-order chi connectivity index (χ1) is 10.6. The lowest BCUT2D eigenvalue weighted by molar-refractivity contribution is 0.461. The van der Waals surface area contributed by atoms with Crippen LogP contribution < -0.4 is 0 Å².